The fraction of sp³-hybridized carbons (Fsp3) is 0.409. The SMILES string of the molecule is CCCOc1ccccc1OCC(=O)Nc1ccc(S(=O)(=O)N2CCN(C)CC2)cc1. The molecule has 1 amide bonds. The molecule has 0 radical (unpaired) electrons. The summed E-state index contributed by atoms with van der Waals surface area (Å²) < 4.78 is 38.3. The van der Waals surface area contributed by atoms with Gasteiger partial charge in [0.15, 0.2) is 18.1 Å². The first-order valence-corrected chi connectivity index (χ1v) is 11.8. The minimum atomic E-state index is -3.53. The summed E-state index contributed by atoms with van der Waals surface area (Å²) >= 11 is 0. The molecule has 2 aromatic rings. The molecule has 0 aromatic heterocycles. The van der Waals surface area contributed by atoms with Gasteiger partial charge >= 0.3 is 0 Å². The van der Waals surface area contributed by atoms with Crippen LogP contribution in [0.15, 0.2) is 53.4 Å². The lowest BCUT2D eigenvalue weighted by Gasteiger charge is -2.31. The average Bonchev–Trinajstić information content (AvgIpc) is 2.77. The van der Waals surface area contributed by atoms with Gasteiger partial charge in [0, 0.05) is 31.9 Å². The first-order chi connectivity index (χ1) is 14.9. The predicted molar refractivity (Wildman–Crippen MR) is 119 cm³/mol. The quantitative estimate of drug-likeness (QED) is 0.635. The average molecular weight is 448 g/mol. The lowest BCUT2D eigenvalue weighted by molar-refractivity contribution is -0.118. The number of nitrogens with zero attached hydrogens (tertiary/aromatic N) is 2. The van der Waals surface area contributed by atoms with Gasteiger partial charge in [-0.25, -0.2) is 8.42 Å². The number of amides is 1. The monoisotopic (exact) mass is 447 g/mol. The Balaban J connectivity index is 1.56. The number of nitrogens with one attached hydrogen (secondary N) is 1. The van der Waals surface area contributed by atoms with E-state index >= 15 is 0 Å². The molecule has 0 spiro atoms. The van der Waals surface area contributed by atoms with Crippen molar-refractivity contribution < 1.29 is 22.7 Å². The number of rotatable bonds is 9. The Labute approximate surface area is 183 Å². The Morgan fingerprint density at radius 3 is 2.19 bits per heavy atom. The molecular formula is C22H29N3O5S. The first kappa shape index (κ1) is 23.1. The summed E-state index contributed by atoms with van der Waals surface area (Å²) in [6, 6.07) is 13.4. The highest BCUT2D eigenvalue weighted by Gasteiger charge is 2.27. The zero-order chi connectivity index (χ0) is 22.3. The fourth-order valence-corrected chi connectivity index (χ4v) is 4.55. The number of carbonyl (C=O) groups excluding carboxylic acids is 1. The minimum Gasteiger partial charge on any atom is -0.490 e. The third-order valence-corrected chi connectivity index (χ3v) is 6.82. The zero-order valence-corrected chi connectivity index (χ0v) is 18.7. The van der Waals surface area contributed by atoms with E-state index in [4.69, 9.17) is 9.47 Å². The van der Waals surface area contributed by atoms with E-state index < -0.39 is 10.0 Å². The molecular weight excluding hydrogens is 418 g/mol. The number of hydrogen-bond donors (Lipinski definition) is 1. The number of anilines is 1. The standard InChI is InChI=1S/C22H29N3O5S/c1-3-16-29-20-6-4-5-7-21(20)30-17-22(26)23-18-8-10-19(11-9-18)31(27,28)25-14-12-24(2)13-15-25/h4-11H,3,12-17H2,1-2H3,(H,23,26). The van der Waals surface area contributed by atoms with Gasteiger partial charge in [-0.1, -0.05) is 19.1 Å². The highest BCUT2D eigenvalue weighted by Crippen LogP contribution is 2.26. The molecule has 0 atom stereocenters. The molecule has 1 N–H and O–H groups in total. The Bertz CT molecular complexity index is 971. The van der Waals surface area contributed by atoms with Gasteiger partial charge in [-0.05, 0) is 49.9 Å². The van der Waals surface area contributed by atoms with Crippen molar-refractivity contribution in [2.75, 3.05) is 51.8 Å². The second-order valence-electron chi connectivity index (χ2n) is 7.36. The number of sulfonamides is 1. The fourth-order valence-electron chi connectivity index (χ4n) is 3.13. The van der Waals surface area contributed by atoms with E-state index in [1.165, 1.54) is 16.4 Å². The Kier molecular flexibility index (Phi) is 7.89. The van der Waals surface area contributed by atoms with Crippen LogP contribution in [0.3, 0.4) is 0 Å². The predicted octanol–water partition coefficient (Wildman–Crippen LogP) is 2.43. The van der Waals surface area contributed by atoms with Crippen molar-refractivity contribution in [3.63, 3.8) is 0 Å². The summed E-state index contributed by atoms with van der Waals surface area (Å²) in [4.78, 5) is 14.6. The summed E-state index contributed by atoms with van der Waals surface area (Å²) in [5.41, 5.74) is 0.501. The van der Waals surface area contributed by atoms with Crippen molar-refractivity contribution in [2.24, 2.45) is 0 Å². The number of ether oxygens (including phenoxy) is 2. The Morgan fingerprint density at radius 2 is 1.58 bits per heavy atom. The summed E-state index contributed by atoms with van der Waals surface area (Å²) in [6.45, 7) is 4.75. The van der Waals surface area contributed by atoms with Gasteiger partial charge in [-0.3, -0.25) is 4.79 Å². The molecule has 1 heterocycles. The van der Waals surface area contributed by atoms with Crippen LogP contribution in [0.5, 0.6) is 11.5 Å². The van der Waals surface area contributed by atoms with Crippen molar-refractivity contribution in [3.8, 4) is 11.5 Å². The maximum Gasteiger partial charge on any atom is 0.262 e. The van der Waals surface area contributed by atoms with Crippen LogP contribution >= 0.6 is 0 Å². The highest BCUT2D eigenvalue weighted by molar-refractivity contribution is 7.89. The number of benzene rings is 2. The molecule has 1 aliphatic heterocycles. The molecule has 168 valence electrons. The number of carbonyl (C=O) groups is 1. The molecule has 1 fully saturated rings. The van der Waals surface area contributed by atoms with Crippen LogP contribution in [0.2, 0.25) is 0 Å². The number of piperazine rings is 1. The van der Waals surface area contributed by atoms with Gasteiger partial charge in [-0.15, -0.1) is 0 Å². The van der Waals surface area contributed by atoms with Gasteiger partial charge in [0.1, 0.15) is 0 Å². The largest absolute Gasteiger partial charge is 0.490 e. The van der Waals surface area contributed by atoms with E-state index in [1.807, 2.05) is 26.1 Å². The Morgan fingerprint density at radius 1 is 0.968 bits per heavy atom. The molecule has 1 aliphatic rings. The van der Waals surface area contributed by atoms with Gasteiger partial charge in [-0.2, -0.15) is 4.31 Å². The molecule has 31 heavy (non-hydrogen) atoms. The van der Waals surface area contributed by atoms with E-state index in [-0.39, 0.29) is 17.4 Å². The van der Waals surface area contributed by atoms with Crippen LogP contribution in [0.1, 0.15) is 13.3 Å². The maximum atomic E-state index is 12.8. The Hall–Kier alpha value is -2.62. The highest BCUT2D eigenvalue weighted by atomic mass is 32.2. The molecule has 9 heteroatoms. The molecule has 0 unspecified atom stereocenters. The molecule has 8 nitrogen and oxygen atoms in total. The molecule has 2 aromatic carbocycles. The summed E-state index contributed by atoms with van der Waals surface area (Å²) in [5.74, 6) is 0.746. The molecule has 0 bridgehead atoms. The summed E-state index contributed by atoms with van der Waals surface area (Å²) in [6.07, 6.45) is 0.870. The second-order valence-corrected chi connectivity index (χ2v) is 9.30. The van der Waals surface area contributed by atoms with E-state index in [9.17, 15) is 13.2 Å². The van der Waals surface area contributed by atoms with Crippen LogP contribution < -0.4 is 14.8 Å². The van der Waals surface area contributed by atoms with Crippen molar-refractivity contribution in [1.82, 2.24) is 9.21 Å². The molecule has 0 aliphatic carbocycles. The van der Waals surface area contributed by atoms with Crippen LogP contribution in [0, 0.1) is 0 Å². The van der Waals surface area contributed by atoms with Crippen LogP contribution in [-0.2, 0) is 14.8 Å². The number of likely N-dealkylation sites (N-methyl/N-ethyl adjacent to an activating group) is 1. The lowest BCUT2D eigenvalue weighted by atomic mass is 10.3. The zero-order valence-electron chi connectivity index (χ0n) is 17.9. The van der Waals surface area contributed by atoms with Gasteiger partial charge in [0.2, 0.25) is 10.0 Å². The van der Waals surface area contributed by atoms with E-state index in [0.29, 0.717) is 50.0 Å². The normalized spacial score (nSPS) is 15.4. The maximum absolute atomic E-state index is 12.8. The van der Waals surface area contributed by atoms with Crippen molar-refractivity contribution >= 4 is 21.6 Å². The summed E-state index contributed by atoms with van der Waals surface area (Å²) in [5, 5.41) is 2.72. The molecule has 3 rings (SSSR count). The van der Waals surface area contributed by atoms with E-state index in [1.54, 1.807) is 24.3 Å². The van der Waals surface area contributed by atoms with E-state index in [0.717, 1.165) is 6.42 Å². The van der Waals surface area contributed by atoms with Crippen molar-refractivity contribution in [1.29, 1.82) is 0 Å². The van der Waals surface area contributed by atoms with Gasteiger partial charge < -0.3 is 19.7 Å². The lowest BCUT2D eigenvalue weighted by Crippen LogP contribution is -2.46. The molecule has 1 saturated heterocycles. The topological polar surface area (TPSA) is 88.2 Å². The van der Waals surface area contributed by atoms with Crippen molar-refractivity contribution in [3.05, 3.63) is 48.5 Å². The smallest absolute Gasteiger partial charge is 0.262 e. The van der Waals surface area contributed by atoms with Crippen LogP contribution in [0.25, 0.3) is 0 Å². The number of para-hydroxylation sites is 2. The second kappa shape index (κ2) is 10.6. The van der Waals surface area contributed by atoms with Crippen LogP contribution in [-0.4, -0.2) is 70.0 Å². The minimum absolute atomic E-state index is 0.187. The van der Waals surface area contributed by atoms with Gasteiger partial charge in [0.25, 0.3) is 5.91 Å². The first-order valence-electron chi connectivity index (χ1n) is 10.3. The van der Waals surface area contributed by atoms with E-state index in [2.05, 4.69) is 10.2 Å². The molecule has 0 saturated carbocycles. The summed E-state index contributed by atoms with van der Waals surface area (Å²) in [7, 11) is -1.56. The van der Waals surface area contributed by atoms with Gasteiger partial charge in [0.05, 0.1) is 11.5 Å². The third kappa shape index (κ3) is 6.19. The number of hydrogen-bond acceptors (Lipinski definition) is 6. The third-order valence-electron chi connectivity index (χ3n) is 4.91. The van der Waals surface area contributed by atoms with Crippen molar-refractivity contribution in [2.45, 2.75) is 18.2 Å². The van der Waals surface area contributed by atoms with Crippen LogP contribution in [0.4, 0.5) is 5.69 Å².